The molecular weight excluding hydrogens is 108 g/mol. The number of hydrogen-bond acceptors (Lipinski definition) is 3. The lowest BCUT2D eigenvalue weighted by Gasteiger charge is -1.97. The quantitative estimate of drug-likeness (QED) is 0.405. The van der Waals surface area contributed by atoms with E-state index in [1.54, 1.807) is 11.8 Å². The Balaban J connectivity index is 2.45. The molecule has 44 valence electrons. The zero-order valence-electron chi connectivity index (χ0n) is 4.82. The first-order valence-corrected chi connectivity index (χ1v) is 3.65. The van der Waals surface area contributed by atoms with Gasteiger partial charge in [0.15, 0.2) is 0 Å². The van der Waals surface area contributed by atoms with Gasteiger partial charge in [0.25, 0.3) is 0 Å². The van der Waals surface area contributed by atoms with Crippen molar-refractivity contribution in [3.63, 3.8) is 0 Å². The van der Waals surface area contributed by atoms with E-state index in [0.717, 1.165) is 12.5 Å². The fourth-order valence-corrected chi connectivity index (χ4v) is 0.584. The van der Waals surface area contributed by atoms with E-state index in [9.17, 15) is 0 Å². The van der Waals surface area contributed by atoms with Crippen molar-refractivity contribution in [3.8, 4) is 0 Å². The summed E-state index contributed by atoms with van der Waals surface area (Å²) in [6, 6.07) is 0. The standard InChI is InChI=1S/C4H12N2S/c1-5-3-6-4-7-2/h5-6H,3-4H2,1-2H3. The first kappa shape index (κ1) is 7.27. The fourth-order valence-electron chi connectivity index (χ4n) is 0.278. The Hall–Kier alpha value is 0.270. The SMILES string of the molecule is CNCNCSC. The topological polar surface area (TPSA) is 24.1 Å². The normalized spacial score (nSPS) is 9.43. The van der Waals surface area contributed by atoms with Crippen molar-refractivity contribution in [1.29, 1.82) is 0 Å². The van der Waals surface area contributed by atoms with E-state index in [1.165, 1.54) is 0 Å². The summed E-state index contributed by atoms with van der Waals surface area (Å²) in [5.74, 6) is 1.03. The van der Waals surface area contributed by atoms with Crippen LogP contribution in [0.2, 0.25) is 0 Å². The largest absolute Gasteiger partial charge is 0.308 e. The Morgan fingerprint density at radius 2 is 2.29 bits per heavy atom. The average molecular weight is 120 g/mol. The van der Waals surface area contributed by atoms with Gasteiger partial charge in [-0.2, -0.15) is 0 Å². The summed E-state index contributed by atoms with van der Waals surface area (Å²) in [4.78, 5) is 0. The molecule has 0 saturated heterocycles. The van der Waals surface area contributed by atoms with Crippen LogP contribution in [0.25, 0.3) is 0 Å². The highest BCUT2D eigenvalue weighted by atomic mass is 32.2. The van der Waals surface area contributed by atoms with Gasteiger partial charge in [-0.1, -0.05) is 0 Å². The average Bonchev–Trinajstić information content (AvgIpc) is 1.69. The van der Waals surface area contributed by atoms with Crippen LogP contribution >= 0.6 is 11.8 Å². The maximum Gasteiger partial charge on any atom is 0.0458 e. The number of hydrogen-bond donors (Lipinski definition) is 2. The van der Waals surface area contributed by atoms with Gasteiger partial charge in [-0.05, 0) is 13.3 Å². The number of thioether (sulfide) groups is 1. The Morgan fingerprint density at radius 3 is 2.71 bits per heavy atom. The second-order valence-corrected chi connectivity index (χ2v) is 2.08. The van der Waals surface area contributed by atoms with Gasteiger partial charge in [0.2, 0.25) is 0 Å². The van der Waals surface area contributed by atoms with Crippen LogP contribution in [0, 0.1) is 0 Å². The molecule has 0 bridgehead atoms. The zero-order valence-corrected chi connectivity index (χ0v) is 5.64. The Kier molecular flexibility index (Phi) is 6.51. The maximum absolute atomic E-state index is 3.14. The van der Waals surface area contributed by atoms with Gasteiger partial charge >= 0.3 is 0 Å². The van der Waals surface area contributed by atoms with Gasteiger partial charge in [-0.15, -0.1) is 11.8 Å². The first-order chi connectivity index (χ1) is 3.41. The molecule has 2 nitrogen and oxygen atoms in total. The van der Waals surface area contributed by atoms with E-state index in [0.29, 0.717) is 0 Å². The lowest BCUT2D eigenvalue weighted by atomic mass is 11.0. The third-order valence-corrected chi connectivity index (χ3v) is 1.04. The summed E-state index contributed by atoms with van der Waals surface area (Å²) in [6.45, 7) is 0.904. The van der Waals surface area contributed by atoms with Gasteiger partial charge < -0.3 is 5.32 Å². The molecular formula is C4H12N2S. The molecule has 0 aliphatic carbocycles. The fraction of sp³-hybridized carbons (Fsp3) is 1.00. The van der Waals surface area contributed by atoms with Crippen molar-refractivity contribution < 1.29 is 0 Å². The van der Waals surface area contributed by atoms with Crippen molar-refractivity contribution in [1.82, 2.24) is 10.6 Å². The molecule has 0 aromatic heterocycles. The van der Waals surface area contributed by atoms with Crippen molar-refractivity contribution >= 4 is 11.8 Å². The molecule has 0 heterocycles. The van der Waals surface area contributed by atoms with Crippen molar-refractivity contribution in [2.75, 3.05) is 25.8 Å². The molecule has 0 aliphatic heterocycles. The second kappa shape index (κ2) is 6.27. The third-order valence-electron chi connectivity index (χ3n) is 0.548. The molecule has 2 N–H and O–H groups in total. The molecule has 0 spiro atoms. The molecule has 0 fully saturated rings. The van der Waals surface area contributed by atoms with E-state index in [2.05, 4.69) is 16.9 Å². The molecule has 7 heavy (non-hydrogen) atoms. The van der Waals surface area contributed by atoms with Crippen molar-refractivity contribution in [2.45, 2.75) is 0 Å². The molecule has 0 aromatic carbocycles. The molecule has 0 saturated carbocycles. The van der Waals surface area contributed by atoms with Crippen LogP contribution in [-0.4, -0.2) is 25.8 Å². The van der Waals surface area contributed by atoms with E-state index in [-0.39, 0.29) is 0 Å². The van der Waals surface area contributed by atoms with Crippen molar-refractivity contribution in [2.24, 2.45) is 0 Å². The molecule has 0 aliphatic rings. The van der Waals surface area contributed by atoms with Gasteiger partial charge in [-0.3, -0.25) is 5.32 Å². The van der Waals surface area contributed by atoms with Crippen LogP contribution in [0.1, 0.15) is 0 Å². The third kappa shape index (κ3) is 6.27. The highest BCUT2D eigenvalue weighted by molar-refractivity contribution is 7.98. The minimum Gasteiger partial charge on any atom is -0.308 e. The zero-order chi connectivity index (χ0) is 5.54. The summed E-state index contributed by atoms with van der Waals surface area (Å²) in [5.41, 5.74) is 0. The summed E-state index contributed by atoms with van der Waals surface area (Å²) >= 11 is 1.79. The first-order valence-electron chi connectivity index (χ1n) is 2.26. The Bertz CT molecular complexity index is 28.9. The number of nitrogens with one attached hydrogen (secondary N) is 2. The molecule has 0 amide bonds. The summed E-state index contributed by atoms with van der Waals surface area (Å²) in [7, 11) is 1.92. The van der Waals surface area contributed by atoms with Crippen LogP contribution in [0.15, 0.2) is 0 Å². The van der Waals surface area contributed by atoms with Gasteiger partial charge in [0, 0.05) is 12.5 Å². The van der Waals surface area contributed by atoms with E-state index in [4.69, 9.17) is 0 Å². The lowest BCUT2D eigenvalue weighted by Crippen LogP contribution is -2.24. The highest BCUT2D eigenvalue weighted by Crippen LogP contribution is 1.82. The predicted molar refractivity (Wildman–Crippen MR) is 35.4 cm³/mol. The monoisotopic (exact) mass is 120 g/mol. The highest BCUT2D eigenvalue weighted by Gasteiger charge is 1.75. The van der Waals surface area contributed by atoms with E-state index >= 15 is 0 Å². The summed E-state index contributed by atoms with van der Waals surface area (Å²) < 4.78 is 0. The summed E-state index contributed by atoms with van der Waals surface area (Å²) in [5, 5.41) is 6.11. The van der Waals surface area contributed by atoms with Gasteiger partial charge in [0.05, 0.1) is 0 Å². The van der Waals surface area contributed by atoms with Crippen LogP contribution < -0.4 is 10.6 Å². The minimum atomic E-state index is 0.904. The second-order valence-electron chi connectivity index (χ2n) is 1.21. The Labute approximate surface area is 49.1 Å². The van der Waals surface area contributed by atoms with Crippen molar-refractivity contribution in [3.05, 3.63) is 0 Å². The van der Waals surface area contributed by atoms with Gasteiger partial charge in [-0.25, -0.2) is 0 Å². The Morgan fingerprint density at radius 1 is 1.57 bits per heavy atom. The van der Waals surface area contributed by atoms with Crippen LogP contribution in [0.5, 0.6) is 0 Å². The maximum atomic E-state index is 3.14. The lowest BCUT2D eigenvalue weighted by molar-refractivity contribution is 0.696. The van der Waals surface area contributed by atoms with Gasteiger partial charge in [0.1, 0.15) is 0 Å². The number of rotatable bonds is 4. The molecule has 0 rings (SSSR count). The molecule has 0 aromatic rings. The molecule has 0 unspecified atom stereocenters. The minimum absolute atomic E-state index is 0.904. The van der Waals surface area contributed by atoms with Crippen LogP contribution in [-0.2, 0) is 0 Å². The summed E-state index contributed by atoms with van der Waals surface area (Å²) in [6.07, 6.45) is 2.07. The smallest absolute Gasteiger partial charge is 0.0458 e. The van der Waals surface area contributed by atoms with Crippen LogP contribution in [0.4, 0.5) is 0 Å². The molecule has 0 atom stereocenters. The predicted octanol–water partition coefficient (Wildman–Crippen LogP) is 0.0734. The molecule has 0 radical (unpaired) electrons. The van der Waals surface area contributed by atoms with Crippen LogP contribution in [0.3, 0.4) is 0 Å². The molecule has 3 heteroatoms. The van der Waals surface area contributed by atoms with E-state index < -0.39 is 0 Å². The van der Waals surface area contributed by atoms with E-state index in [1.807, 2.05) is 7.05 Å².